The molecule has 0 bridgehead atoms. The minimum absolute atomic E-state index is 0.108. The third-order valence-electron chi connectivity index (χ3n) is 2.50. The first kappa shape index (κ1) is 12.4. The molecule has 0 aromatic heterocycles. The van der Waals surface area contributed by atoms with Gasteiger partial charge in [-0.15, -0.1) is 0 Å². The molecule has 0 fully saturated rings. The van der Waals surface area contributed by atoms with Gasteiger partial charge in [-0.05, 0) is 30.8 Å². The zero-order valence-corrected chi connectivity index (χ0v) is 10.2. The molecule has 1 aliphatic rings. The maximum absolute atomic E-state index is 11.4. The van der Waals surface area contributed by atoms with Gasteiger partial charge in [-0.25, -0.2) is 0 Å². The second-order valence-corrected chi connectivity index (χ2v) is 3.84. The van der Waals surface area contributed by atoms with Crippen molar-refractivity contribution in [2.45, 2.75) is 0 Å². The molecule has 0 unspecified atom stereocenters. The number of benzene rings is 1. The van der Waals surface area contributed by atoms with Crippen LogP contribution in [0.2, 0.25) is 0 Å². The van der Waals surface area contributed by atoms with E-state index in [0.29, 0.717) is 12.3 Å². The molecule has 0 radical (unpaired) electrons. The Labute approximate surface area is 106 Å². The third-order valence-corrected chi connectivity index (χ3v) is 2.50. The topological polar surface area (TPSA) is 59.6 Å². The van der Waals surface area contributed by atoms with Crippen molar-refractivity contribution in [3.63, 3.8) is 0 Å². The summed E-state index contributed by atoms with van der Waals surface area (Å²) in [5, 5.41) is 5.72. The van der Waals surface area contributed by atoms with Crippen LogP contribution < -0.4 is 20.1 Å². The fourth-order valence-electron chi connectivity index (χ4n) is 1.56. The second kappa shape index (κ2) is 6.07. The number of carbonyl (C=O) groups excluding carboxylic acids is 1. The van der Waals surface area contributed by atoms with Crippen LogP contribution in [0.5, 0.6) is 11.5 Å². The van der Waals surface area contributed by atoms with E-state index in [1.54, 1.807) is 6.08 Å². The zero-order valence-electron chi connectivity index (χ0n) is 10.2. The van der Waals surface area contributed by atoms with E-state index < -0.39 is 0 Å². The van der Waals surface area contributed by atoms with Crippen LogP contribution in [-0.2, 0) is 4.79 Å². The first-order chi connectivity index (χ1) is 8.79. The molecule has 5 heteroatoms. The molecule has 2 N–H and O–H groups in total. The van der Waals surface area contributed by atoms with Crippen molar-refractivity contribution in [2.75, 3.05) is 26.9 Å². The van der Waals surface area contributed by atoms with E-state index in [9.17, 15) is 4.79 Å². The van der Waals surface area contributed by atoms with E-state index in [1.807, 2.05) is 25.2 Å². The van der Waals surface area contributed by atoms with E-state index in [-0.39, 0.29) is 12.7 Å². The fraction of sp³-hybridized carbons (Fsp3) is 0.308. The van der Waals surface area contributed by atoms with Crippen molar-refractivity contribution in [2.24, 2.45) is 0 Å². The SMILES string of the molecule is CNCCNC(=O)C=Cc1ccc2c(c1)OCO2. The monoisotopic (exact) mass is 248 g/mol. The molecule has 0 saturated heterocycles. The Hall–Kier alpha value is -2.01. The molecule has 96 valence electrons. The molecule has 18 heavy (non-hydrogen) atoms. The molecule has 1 aromatic carbocycles. The maximum atomic E-state index is 11.4. The number of fused-ring (bicyclic) bond motifs is 1. The van der Waals surface area contributed by atoms with Crippen LogP contribution in [0.4, 0.5) is 0 Å². The summed E-state index contributed by atoms with van der Waals surface area (Å²) in [6.45, 7) is 1.62. The van der Waals surface area contributed by atoms with Gasteiger partial charge in [0, 0.05) is 19.2 Å². The van der Waals surface area contributed by atoms with Crippen molar-refractivity contribution in [1.82, 2.24) is 10.6 Å². The molecule has 1 aliphatic heterocycles. The van der Waals surface area contributed by atoms with Crippen LogP contribution in [0.3, 0.4) is 0 Å². The highest BCUT2D eigenvalue weighted by Gasteiger charge is 2.12. The number of amides is 1. The predicted octanol–water partition coefficient (Wildman–Crippen LogP) is 0.764. The summed E-state index contributed by atoms with van der Waals surface area (Å²) in [6, 6.07) is 5.56. The van der Waals surface area contributed by atoms with Gasteiger partial charge in [0.05, 0.1) is 0 Å². The lowest BCUT2D eigenvalue weighted by molar-refractivity contribution is -0.116. The Morgan fingerprint density at radius 2 is 2.17 bits per heavy atom. The van der Waals surface area contributed by atoms with Crippen molar-refractivity contribution in [3.8, 4) is 11.5 Å². The molecule has 1 aromatic rings. The highest BCUT2D eigenvalue weighted by Crippen LogP contribution is 2.32. The number of rotatable bonds is 5. The van der Waals surface area contributed by atoms with Crippen molar-refractivity contribution in [3.05, 3.63) is 29.8 Å². The molecule has 0 saturated carbocycles. The number of nitrogens with one attached hydrogen (secondary N) is 2. The molecule has 1 heterocycles. The van der Waals surface area contributed by atoms with Crippen LogP contribution in [0.1, 0.15) is 5.56 Å². The quantitative estimate of drug-likeness (QED) is 0.597. The lowest BCUT2D eigenvalue weighted by Crippen LogP contribution is -2.28. The minimum Gasteiger partial charge on any atom is -0.454 e. The summed E-state index contributed by atoms with van der Waals surface area (Å²) in [6.07, 6.45) is 3.25. The fourth-order valence-corrected chi connectivity index (χ4v) is 1.56. The van der Waals surface area contributed by atoms with E-state index >= 15 is 0 Å². The first-order valence-corrected chi connectivity index (χ1v) is 5.80. The number of ether oxygens (including phenoxy) is 2. The molecular formula is C13H16N2O3. The lowest BCUT2D eigenvalue weighted by atomic mass is 10.2. The van der Waals surface area contributed by atoms with E-state index in [0.717, 1.165) is 17.9 Å². The van der Waals surface area contributed by atoms with Gasteiger partial charge < -0.3 is 20.1 Å². The molecule has 2 rings (SSSR count). The van der Waals surface area contributed by atoms with E-state index in [4.69, 9.17) is 9.47 Å². The van der Waals surface area contributed by atoms with Gasteiger partial charge >= 0.3 is 0 Å². The van der Waals surface area contributed by atoms with Gasteiger partial charge in [-0.1, -0.05) is 6.07 Å². The number of likely N-dealkylation sites (N-methyl/N-ethyl adjacent to an activating group) is 1. The van der Waals surface area contributed by atoms with Gasteiger partial charge in [-0.2, -0.15) is 0 Å². The average Bonchev–Trinajstić information content (AvgIpc) is 2.84. The Morgan fingerprint density at radius 1 is 1.33 bits per heavy atom. The Balaban J connectivity index is 1.90. The Kier molecular flexibility index (Phi) is 4.20. The van der Waals surface area contributed by atoms with Crippen LogP contribution in [-0.4, -0.2) is 32.8 Å². The van der Waals surface area contributed by atoms with Crippen LogP contribution in [0.15, 0.2) is 24.3 Å². The van der Waals surface area contributed by atoms with Crippen molar-refractivity contribution < 1.29 is 14.3 Å². The highest BCUT2D eigenvalue weighted by molar-refractivity contribution is 5.91. The van der Waals surface area contributed by atoms with Gasteiger partial charge in [0.2, 0.25) is 12.7 Å². The predicted molar refractivity (Wildman–Crippen MR) is 68.5 cm³/mol. The summed E-state index contributed by atoms with van der Waals surface area (Å²) in [5.41, 5.74) is 0.906. The van der Waals surface area contributed by atoms with Crippen LogP contribution in [0.25, 0.3) is 6.08 Å². The molecule has 0 spiro atoms. The number of carbonyl (C=O) groups is 1. The largest absolute Gasteiger partial charge is 0.454 e. The summed E-state index contributed by atoms with van der Waals surface area (Å²) in [5.74, 6) is 1.35. The van der Waals surface area contributed by atoms with Gasteiger partial charge in [0.25, 0.3) is 0 Å². The number of hydrogen-bond acceptors (Lipinski definition) is 4. The summed E-state index contributed by atoms with van der Waals surface area (Å²) < 4.78 is 10.5. The average molecular weight is 248 g/mol. The maximum Gasteiger partial charge on any atom is 0.244 e. The van der Waals surface area contributed by atoms with Crippen molar-refractivity contribution >= 4 is 12.0 Å². The molecule has 0 atom stereocenters. The summed E-state index contributed by atoms with van der Waals surface area (Å²) in [7, 11) is 1.84. The summed E-state index contributed by atoms with van der Waals surface area (Å²) in [4.78, 5) is 11.4. The number of hydrogen-bond donors (Lipinski definition) is 2. The molecular weight excluding hydrogens is 232 g/mol. The van der Waals surface area contributed by atoms with Crippen molar-refractivity contribution in [1.29, 1.82) is 0 Å². The van der Waals surface area contributed by atoms with E-state index in [1.165, 1.54) is 6.08 Å². The van der Waals surface area contributed by atoms with Crippen LogP contribution in [0, 0.1) is 0 Å². The van der Waals surface area contributed by atoms with Gasteiger partial charge in [0.15, 0.2) is 11.5 Å². The minimum atomic E-state index is -0.108. The molecule has 1 amide bonds. The zero-order chi connectivity index (χ0) is 12.8. The smallest absolute Gasteiger partial charge is 0.244 e. The first-order valence-electron chi connectivity index (χ1n) is 5.80. The third kappa shape index (κ3) is 3.24. The normalized spacial score (nSPS) is 12.9. The summed E-state index contributed by atoms with van der Waals surface area (Å²) >= 11 is 0. The van der Waals surface area contributed by atoms with Gasteiger partial charge in [-0.3, -0.25) is 4.79 Å². The van der Waals surface area contributed by atoms with Gasteiger partial charge in [0.1, 0.15) is 0 Å². The molecule has 5 nitrogen and oxygen atoms in total. The molecule has 0 aliphatic carbocycles. The Bertz CT molecular complexity index is 458. The standard InChI is InChI=1S/C13H16N2O3/c1-14-6-7-15-13(16)5-3-10-2-4-11-12(8-10)18-9-17-11/h2-5,8,14H,6-7,9H2,1H3,(H,15,16). The Morgan fingerprint density at radius 3 is 3.00 bits per heavy atom. The highest BCUT2D eigenvalue weighted by atomic mass is 16.7. The lowest BCUT2D eigenvalue weighted by Gasteiger charge is -2.00. The van der Waals surface area contributed by atoms with Crippen LogP contribution >= 0.6 is 0 Å². The van der Waals surface area contributed by atoms with E-state index in [2.05, 4.69) is 10.6 Å². The second-order valence-electron chi connectivity index (χ2n) is 3.84.